The Morgan fingerprint density at radius 1 is 1.40 bits per heavy atom. The molecule has 0 bridgehead atoms. The second-order valence-corrected chi connectivity index (χ2v) is 4.77. The van der Waals surface area contributed by atoms with Crippen LogP contribution in [0.3, 0.4) is 0 Å². The Balaban J connectivity index is 2.20. The van der Waals surface area contributed by atoms with E-state index >= 15 is 0 Å². The lowest BCUT2D eigenvalue weighted by molar-refractivity contribution is -0.143. The zero-order chi connectivity index (χ0) is 14.9. The number of aromatic nitrogens is 3. The second-order valence-electron chi connectivity index (χ2n) is 3.85. The van der Waals surface area contributed by atoms with Gasteiger partial charge in [0.2, 0.25) is 0 Å². The lowest BCUT2D eigenvalue weighted by atomic mass is 10.3. The summed E-state index contributed by atoms with van der Waals surface area (Å²) >= 11 is 3.18. The van der Waals surface area contributed by atoms with E-state index < -0.39 is 17.8 Å². The van der Waals surface area contributed by atoms with Crippen LogP contribution in [-0.2, 0) is 13.2 Å². The SMILES string of the molecule is Cn1nc(C(=O)Nc2ccc(Br)cn2)cc1C(F)(F)F. The van der Waals surface area contributed by atoms with Crippen LogP contribution in [0.2, 0.25) is 0 Å². The number of halogens is 4. The molecule has 5 nitrogen and oxygen atoms in total. The van der Waals surface area contributed by atoms with Gasteiger partial charge >= 0.3 is 6.18 Å². The fourth-order valence-corrected chi connectivity index (χ4v) is 1.71. The van der Waals surface area contributed by atoms with Crippen molar-refractivity contribution >= 4 is 27.7 Å². The highest BCUT2D eigenvalue weighted by Gasteiger charge is 2.35. The largest absolute Gasteiger partial charge is 0.433 e. The first-order valence-electron chi connectivity index (χ1n) is 5.31. The quantitative estimate of drug-likeness (QED) is 0.907. The van der Waals surface area contributed by atoms with E-state index in [0.717, 1.165) is 7.05 Å². The number of carbonyl (C=O) groups excluding carboxylic acids is 1. The van der Waals surface area contributed by atoms with Gasteiger partial charge < -0.3 is 5.32 Å². The van der Waals surface area contributed by atoms with E-state index in [1.165, 1.54) is 12.3 Å². The number of hydrogen-bond acceptors (Lipinski definition) is 3. The Morgan fingerprint density at radius 3 is 2.60 bits per heavy atom. The fourth-order valence-electron chi connectivity index (χ4n) is 1.47. The molecule has 0 spiro atoms. The van der Waals surface area contributed by atoms with Crippen molar-refractivity contribution in [3.63, 3.8) is 0 Å². The van der Waals surface area contributed by atoms with Crippen molar-refractivity contribution in [1.82, 2.24) is 14.8 Å². The molecular weight excluding hydrogens is 341 g/mol. The Bertz CT molecular complexity index is 636. The maximum atomic E-state index is 12.6. The van der Waals surface area contributed by atoms with Crippen LogP contribution in [0.4, 0.5) is 19.0 Å². The number of anilines is 1. The van der Waals surface area contributed by atoms with Gasteiger partial charge in [0.15, 0.2) is 5.69 Å². The first-order chi connectivity index (χ1) is 9.27. The smallest absolute Gasteiger partial charge is 0.305 e. The van der Waals surface area contributed by atoms with Crippen molar-refractivity contribution in [2.75, 3.05) is 5.32 Å². The van der Waals surface area contributed by atoms with Crippen LogP contribution in [0, 0.1) is 0 Å². The number of amides is 1. The van der Waals surface area contributed by atoms with Crippen LogP contribution >= 0.6 is 15.9 Å². The average Bonchev–Trinajstić information content (AvgIpc) is 2.74. The summed E-state index contributed by atoms with van der Waals surface area (Å²) in [4.78, 5) is 15.7. The van der Waals surface area contributed by atoms with E-state index in [1.54, 1.807) is 6.07 Å². The van der Waals surface area contributed by atoms with Crippen LogP contribution in [0.5, 0.6) is 0 Å². The molecule has 0 fully saturated rings. The monoisotopic (exact) mass is 348 g/mol. The predicted octanol–water partition coefficient (Wildman–Crippen LogP) is 2.85. The molecule has 0 radical (unpaired) electrons. The van der Waals surface area contributed by atoms with Crippen molar-refractivity contribution in [2.45, 2.75) is 6.18 Å². The number of carbonyl (C=O) groups is 1. The number of nitrogens with one attached hydrogen (secondary N) is 1. The molecule has 106 valence electrons. The normalized spacial score (nSPS) is 11.4. The number of pyridine rings is 1. The molecule has 2 heterocycles. The van der Waals surface area contributed by atoms with Gasteiger partial charge in [-0.25, -0.2) is 4.98 Å². The molecule has 0 aliphatic carbocycles. The number of hydrogen-bond donors (Lipinski definition) is 1. The Kier molecular flexibility index (Phi) is 3.80. The first kappa shape index (κ1) is 14.5. The summed E-state index contributed by atoms with van der Waals surface area (Å²) in [6.07, 6.45) is -3.11. The number of rotatable bonds is 2. The minimum atomic E-state index is -4.56. The van der Waals surface area contributed by atoms with E-state index in [1.807, 2.05) is 0 Å². The van der Waals surface area contributed by atoms with Crippen LogP contribution < -0.4 is 5.32 Å². The van der Waals surface area contributed by atoms with Crippen molar-refractivity contribution in [3.8, 4) is 0 Å². The van der Waals surface area contributed by atoms with Crippen molar-refractivity contribution in [1.29, 1.82) is 0 Å². The highest BCUT2D eigenvalue weighted by atomic mass is 79.9. The molecule has 2 aromatic rings. The van der Waals surface area contributed by atoms with Gasteiger partial charge in [0.05, 0.1) is 0 Å². The highest BCUT2D eigenvalue weighted by Crippen LogP contribution is 2.29. The van der Waals surface area contributed by atoms with Gasteiger partial charge in [-0.2, -0.15) is 18.3 Å². The minimum absolute atomic E-state index is 0.220. The molecule has 0 atom stereocenters. The summed E-state index contributed by atoms with van der Waals surface area (Å²) in [6.45, 7) is 0. The van der Waals surface area contributed by atoms with Crippen LogP contribution in [0.1, 0.15) is 16.2 Å². The average molecular weight is 349 g/mol. The van der Waals surface area contributed by atoms with Gasteiger partial charge in [0.1, 0.15) is 11.5 Å². The molecule has 1 N–H and O–H groups in total. The van der Waals surface area contributed by atoms with Crippen LogP contribution in [0.25, 0.3) is 0 Å². The van der Waals surface area contributed by atoms with Gasteiger partial charge in [-0.1, -0.05) is 0 Å². The minimum Gasteiger partial charge on any atom is -0.305 e. The van der Waals surface area contributed by atoms with E-state index in [9.17, 15) is 18.0 Å². The lowest BCUT2D eigenvalue weighted by Gasteiger charge is -2.04. The van der Waals surface area contributed by atoms with E-state index in [4.69, 9.17) is 0 Å². The predicted molar refractivity (Wildman–Crippen MR) is 68.1 cm³/mol. The molecule has 0 aromatic carbocycles. The zero-order valence-corrected chi connectivity index (χ0v) is 11.7. The van der Waals surface area contributed by atoms with E-state index in [0.29, 0.717) is 15.2 Å². The molecular formula is C11H8BrF3N4O. The standard InChI is InChI=1S/C11H8BrF3N4O/c1-19-8(11(13,14)15)4-7(18-19)10(20)17-9-3-2-6(12)5-16-9/h2-5H,1H3,(H,16,17,20). The molecule has 2 aromatic heterocycles. The molecule has 0 aliphatic rings. The molecule has 2 rings (SSSR count). The van der Waals surface area contributed by atoms with Gasteiger partial charge in [0.25, 0.3) is 5.91 Å². The molecule has 0 saturated carbocycles. The Labute approximate surface area is 119 Å². The summed E-state index contributed by atoms with van der Waals surface area (Å²) in [5.74, 6) is -0.539. The van der Waals surface area contributed by atoms with Gasteiger partial charge in [0, 0.05) is 23.8 Å². The van der Waals surface area contributed by atoms with E-state index in [2.05, 4.69) is 31.3 Å². The Hall–Kier alpha value is -1.90. The fraction of sp³-hybridized carbons (Fsp3) is 0.182. The van der Waals surface area contributed by atoms with Gasteiger partial charge in [-0.15, -0.1) is 0 Å². The van der Waals surface area contributed by atoms with Gasteiger partial charge in [-0.3, -0.25) is 9.48 Å². The molecule has 0 saturated heterocycles. The summed E-state index contributed by atoms with van der Waals surface area (Å²) in [6, 6.07) is 3.84. The molecule has 0 aliphatic heterocycles. The highest BCUT2D eigenvalue weighted by molar-refractivity contribution is 9.10. The molecule has 0 unspecified atom stereocenters. The van der Waals surface area contributed by atoms with Crippen LogP contribution in [0.15, 0.2) is 28.9 Å². The maximum absolute atomic E-state index is 12.6. The van der Waals surface area contributed by atoms with Crippen molar-refractivity contribution in [3.05, 3.63) is 40.3 Å². The van der Waals surface area contributed by atoms with Crippen LogP contribution in [-0.4, -0.2) is 20.7 Å². The molecule has 9 heteroatoms. The van der Waals surface area contributed by atoms with Gasteiger partial charge in [-0.05, 0) is 28.1 Å². The summed E-state index contributed by atoms with van der Waals surface area (Å²) in [5.41, 5.74) is -1.32. The number of nitrogens with zero attached hydrogens (tertiary/aromatic N) is 3. The second kappa shape index (κ2) is 5.23. The zero-order valence-electron chi connectivity index (χ0n) is 10.1. The molecule has 20 heavy (non-hydrogen) atoms. The third-order valence-electron chi connectivity index (χ3n) is 2.37. The summed E-state index contributed by atoms with van der Waals surface area (Å²) < 4.78 is 39.1. The third-order valence-corrected chi connectivity index (χ3v) is 2.84. The summed E-state index contributed by atoms with van der Waals surface area (Å²) in [7, 11) is 1.12. The lowest BCUT2D eigenvalue weighted by Crippen LogP contribution is -2.13. The van der Waals surface area contributed by atoms with Crippen molar-refractivity contribution in [2.24, 2.45) is 7.05 Å². The first-order valence-corrected chi connectivity index (χ1v) is 6.11. The maximum Gasteiger partial charge on any atom is 0.433 e. The topological polar surface area (TPSA) is 59.8 Å². The molecule has 1 amide bonds. The number of alkyl halides is 3. The third kappa shape index (κ3) is 3.16. The summed E-state index contributed by atoms with van der Waals surface area (Å²) in [5, 5.41) is 5.90. The Morgan fingerprint density at radius 2 is 2.10 bits per heavy atom. The number of aryl methyl sites for hydroxylation is 1. The van der Waals surface area contributed by atoms with E-state index in [-0.39, 0.29) is 11.5 Å². The van der Waals surface area contributed by atoms with Crippen molar-refractivity contribution < 1.29 is 18.0 Å².